The summed E-state index contributed by atoms with van der Waals surface area (Å²) >= 11 is 3.36. The Morgan fingerprint density at radius 1 is 1.20 bits per heavy atom. The second kappa shape index (κ2) is 7.02. The van der Waals surface area contributed by atoms with E-state index in [4.69, 9.17) is 10.5 Å². The number of rotatable bonds is 5. The maximum atomic E-state index is 12.3. The average Bonchev–Trinajstić information content (AvgIpc) is 2.47. The van der Waals surface area contributed by atoms with Crippen LogP contribution in [0.1, 0.15) is 11.6 Å². The molecule has 0 amide bonds. The lowest BCUT2D eigenvalue weighted by Gasteiger charge is -2.15. The predicted molar refractivity (Wildman–Crippen MR) is 85.3 cm³/mol. The zero-order valence-electron chi connectivity index (χ0n) is 11.1. The minimum absolute atomic E-state index is 0.323. The van der Waals surface area contributed by atoms with E-state index >= 15 is 0 Å². The molecule has 2 aromatic rings. The first-order valence-electron chi connectivity index (χ1n) is 6.14. The molecule has 0 fully saturated rings. The van der Waals surface area contributed by atoms with Gasteiger partial charge in [0, 0.05) is 26.7 Å². The lowest BCUT2D eigenvalue weighted by Crippen LogP contribution is -2.19. The van der Waals surface area contributed by atoms with Crippen LogP contribution in [0, 0.1) is 0 Å². The summed E-state index contributed by atoms with van der Waals surface area (Å²) in [4.78, 5) is 0.776. The Hall–Kier alpha value is -1.17. The fourth-order valence-electron chi connectivity index (χ4n) is 1.91. The van der Waals surface area contributed by atoms with Crippen LogP contribution in [0.4, 0.5) is 0 Å². The van der Waals surface area contributed by atoms with E-state index < -0.39 is 10.8 Å². The lowest BCUT2D eigenvalue weighted by atomic mass is 10.1. The van der Waals surface area contributed by atoms with E-state index in [0.717, 1.165) is 20.7 Å². The van der Waals surface area contributed by atoms with Gasteiger partial charge in [0.15, 0.2) is 0 Å². The second-order valence-electron chi connectivity index (χ2n) is 4.31. The fourth-order valence-corrected chi connectivity index (χ4v) is 3.31. The van der Waals surface area contributed by atoms with Crippen molar-refractivity contribution in [3.05, 3.63) is 58.6 Å². The molecule has 0 aliphatic carbocycles. The Labute approximate surface area is 129 Å². The summed E-state index contributed by atoms with van der Waals surface area (Å²) in [6.07, 6.45) is 0. The number of para-hydroxylation sites is 1. The van der Waals surface area contributed by atoms with E-state index in [1.54, 1.807) is 7.11 Å². The summed E-state index contributed by atoms with van der Waals surface area (Å²) in [5.74, 6) is 1.09. The highest BCUT2D eigenvalue weighted by atomic mass is 79.9. The molecule has 106 valence electrons. The van der Waals surface area contributed by atoms with Crippen molar-refractivity contribution in [2.24, 2.45) is 5.73 Å². The van der Waals surface area contributed by atoms with Crippen molar-refractivity contribution in [3.8, 4) is 5.75 Å². The SMILES string of the molecule is COc1ccccc1C(N)CS(=O)c1ccc(Br)cc1. The molecule has 0 bridgehead atoms. The molecule has 0 aromatic heterocycles. The zero-order chi connectivity index (χ0) is 14.5. The Morgan fingerprint density at radius 2 is 1.85 bits per heavy atom. The molecule has 0 aliphatic heterocycles. The van der Waals surface area contributed by atoms with Gasteiger partial charge in [0.2, 0.25) is 0 Å². The van der Waals surface area contributed by atoms with E-state index in [1.807, 2.05) is 48.5 Å². The van der Waals surface area contributed by atoms with Crippen LogP contribution in [0.15, 0.2) is 57.9 Å². The normalized spacial score (nSPS) is 13.8. The van der Waals surface area contributed by atoms with Gasteiger partial charge < -0.3 is 10.5 Å². The standard InChI is InChI=1S/C15H16BrNO2S/c1-19-15-5-3-2-4-13(15)14(17)10-20(18)12-8-6-11(16)7-9-12/h2-9,14H,10,17H2,1H3. The van der Waals surface area contributed by atoms with Gasteiger partial charge in [0.05, 0.1) is 17.9 Å². The number of nitrogens with two attached hydrogens (primary N) is 1. The first-order valence-corrected chi connectivity index (χ1v) is 8.25. The van der Waals surface area contributed by atoms with Crippen molar-refractivity contribution < 1.29 is 8.95 Å². The summed E-state index contributed by atoms with van der Waals surface area (Å²) in [6, 6.07) is 14.7. The molecule has 2 aromatic carbocycles. The number of ether oxygens (including phenoxy) is 1. The average molecular weight is 354 g/mol. The van der Waals surface area contributed by atoms with Crippen LogP contribution >= 0.6 is 15.9 Å². The molecule has 3 nitrogen and oxygen atoms in total. The van der Waals surface area contributed by atoms with Crippen molar-refractivity contribution in [2.75, 3.05) is 12.9 Å². The van der Waals surface area contributed by atoms with E-state index in [0.29, 0.717) is 5.75 Å². The smallest absolute Gasteiger partial charge is 0.123 e. The molecule has 20 heavy (non-hydrogen) atoms. The number of methoxy groups -OCH3 is 1. The van der Waals surface area contributed by atoms with Crippen LogP contribution in [0.3, 0.4) is 0 Å². The minimum Gasteiger partial charge on any atom is -0.496 e. The Morgan fingerprint density at radius 3 is 2.50 bits per heavy atom. The summed E-state index contributed by atoms with van der Waals surface area (Å²) in [5.41, 5.74) is 7.03. The maximum Gasteiger partial charge on any atom is 0.123 e. The highest BCUT2D eigenvalue weighted by Crippen LogP contribution is 2.25. The van der Waals surface area contributed by atoms with Crippen molar-refractivity contribution >= 4 is 26.7 Å². The van der Waals surface area contributed by atoms with Crippen molar-refractivity contribution in [3.63, 3.8) is 0 Å². The molecule has 0 heterocycles. The molecule has 0 saturated heterocycles. The summed E-state index contributed by atoms with van der Waals surface area (Å²) in [7, 11) is 0.474. The fraction of sp³-hybridized carbons (Fsp3) is 0.200. The molecular formula is C15H16BrNO2S. The predicted octanol–water partition coefficient (Wildman–Crippen LogP) is 3.27. The van der Waals surface area contributed by atoms with Crippen LogP contribution in [0.2, 0.25) is 0 Å². The van der Waals surface area contributed by atoms with Crippen molar-refractivity contribution in [1.29, 1.82) is 0 Å². The second-order valence-corrected chi connectivity index (χ2v) is 6.73. The highest BCUT2D eigenvalue weighted by Gasteiger charge is 2.15. The zero-order valence-corrected chi connectivity index (χ0v) is 13.5. The van der Waals surface area contributed by atoms with Crippen LogP contribution < -0.4 is 10.5 Å². The molecule has 2 N–H and O–H groups in total. The number of hydrogen-bond acceptors (Lipinski definition) is 3. The van der Waals surface area contributed by atoms with Gasteiger partial charge in [-0.05, 0) is 30.3 Å². The topological polar surface area (TPSA) is 52.3 Å². The number of benzene rings is 2. The van der Waals surface area contributed by atoms with Gasteiger partial charge in [-0.3, -0.25) is 4.21 Å². The Balaban J connectivity index is 2.13. The number of hydrogen-bond donors (Lipinski definition) is 1. The van der Waals surface area contributed by atoms with E-state index in [9.17, 15) is 4.21 Å². The van der Waals surface area contributed by atoms with Crippen LogP contribution in [0.25, 0.3) is 0 Å². The monoisotopic (exact) mass is 353 g/mol. The highest BCUT2D eigenvalue weighted by molar-refractivity contribution is 9.10. The van der Waals surface area contributed by atoms with E-state index in [1.165, 1.54) is 0 Å². The molecule has 2 unspecified atom stereocenters. The largest absolute Gasteiger partial charge is 0.496 e. The first-order chi connectivity index (χ1) is 9.61. The maximum absolute atomic E-state index is 12.3. The lowest BCUT2D eigenvalue weighted by molar-refractivity contribution is 0.407. The summed E-state index contributed by atoms with van der Waals surface area (Å²) < 4.78 is 18.6. The Kier molecular flexibility index (Phi) is 5.34. The molecule has 2 rings (SSSR count). The molecular weight excluding hydrogens is 338 g/mol. The molecule has 2 atom stereocenters. The van der Waals surface area contributed by atoms with Gasteiger partial charge in [-0.15, -0.1) is 0 Å². The Bertz CT molecular complexity index is 601. The van der Waals surface area contributed by atoms with Gasteiger partial charge in [-0.2, -0.15) is 0 Å². The molecule has 0 radical (unpaired) electrons. The van der Waals surface area contributed by atoms with Gasteiger partial charge in [0.1, 0.15) is 5.75 Å². The van der Waals surface area contributed by atoms with Crippen molar-refractivity contribution in [2.45, 2.75) is 10.9 Å². The minimum atomic E-state index is -1.13. The van der Waals surface area contributed by atoms with Gasteiger partial charge in [-0.25, -0.2) is 0 Å². The molecule has 0 saturated carbocycles. The van der Waals surface area contributed by atoms with E-state index in [2.05, 4.69) is 15.9 Å². The van der Waals surface area contributed by atoms with Gasteiger partial charge in [0.25, 0.3) is 0 Å². The third kappa shape index (κ3) is 3.69. The summed E-state index contributed by atoms with van der Waals surface area (Å²) in [6.45, 7) is 0. The molecule has 5 heteroatoms. The van der Waals surface area contributed by atoms with Crippen LogP contribution in [0.5, 0.6) is 5.75 Å². The van der Waals surface area contributed by atoms with Gasteiger partial charge in [-0.1, -0.05) is 34.1 Å². The third-order valence-corrected chi connectivity index (χ3v) is 4.93. The quantitative estimate of drug-likeness (QED) is 0.897. The van der Waals surface area contributed by atoms with E-state index in [-0.39, 0.29) is 6.04 Å². The first kappa shape index (κ1) is 15.2. The van der Waals surface area contributed by atoms with Crippen LogP contribution in [-0.4, -0.2) is 17.1 Å². The van der Waals surface area contributed by atoms with Crippen LogP contribution in [-0.2, 0) is 10.8 Å². The summed E-state index contributed by atoms with van der Waals surface area (Å²) in [5, 5.41) is 0. The van der Waals surface area contributed by atoms with Gasteiger partial charge >= 0.3 is 0 Å². The molecule has 0 spiro atoms. The third-order valence-electron chi connectivity index (χ3n) is 2.95. The van der Waals surface area contributed by atoms with Crippen molar-refractivity contribution in [1.82, 2.24) is 0 Å². The number of halogens is 1. The molecule has 0 aliphatic rings.